The summed E-state index contributed by atoms with van der Waals surface area (Å²) in [5, 5.41) is 13.7. The summed E-state index contributed by atoms with van der Waals surface area (Å²) >= 11 is 1.43. The highest BCUT2D eigenvalue weighted by atomic mass is 32.2. The van der Waals surface area contributed by atoms with Crippen LogP contribution >= 0.6 is 11.8 Å². The van der Waals surface area contributed by atoms with Crippen LogP contribution in [0.3, 0.4) is 0 Å². The van der Waals surface area contributed by atoms with E-state index in [0.717, 1.165) is 23.1 Å². The van der Waals surface area contributed by atoms with Gasteiger partial charge in [0.2, 0.25) is 11.8 Å². The molecule has 1 N–H and O–H groups in total. The Bertz CT molecular complexity index is 933. The Morgan fingerprint density at radius 3 is 2.41 bits per heavy atom. The Morgan fingerprint density at radius 2 is 1.81 bits per heavy atom. The third kappa shape index (κ3) is 7.67. The van der Waals surface area contributed by atoms with Gasteiger partial charge in [-0.15, -0.1) is 11.8 Å². The number of thioether (sulfide) groups is 1. The molecule has 2 aromatic rings. The van der Waals surface area contributed by atoms with Gasteiger partial charge in [0.15, 0.2) is 0 Å². The lowest BCUT2D eigenvalue weighted by Gasteiger charge is -2.29. The summed E-state index contributed by atoms with van der Waals surface area (Å²) in [4.78, 5) is 37.8. The maximum atomic E-state index is 13.1. The van der Waals surface area contributed by atoms with Gasteiger partial charge in [-0.05, 0) is 38.3 Å². The lowest BCUT2D eigenvalue weighted by atomic mass is 10.1. The van der Waals surface area contributed by atoms with Crippen LogP contribution in [0.2, 0.25) is 0 Å². The van der Waals surface area contributed by atoms with Crippen molar-refractivity contribution in [1.82, 2.24) is 10.2 Å². The van der Waals surface area contributed by atoms with Crippen molar-refractivity contribution in [2.45, 2.75) is 58.5 Å². The van der Waals surface area contributed by atoms with Gasteiger partial charge in [-0.2, -0.15) is 0 Å². The molecule has 2 atom stereocenters. The number of hydrogen-bond donors (Lipinski definition) is 1. The Morgan fingerprint density at radius 1 is 1.12 bits per heavy atom. The molecule has 0 spiro atoms. The topological polar surface area (TPSA) is 92.6 Å². The van der Waals surface area contributed by atoms with Gasteiger partial charge in [0, 0.05) is 30.5 Å². The summed E-state index contributed by atoms with van der Waals surface area (Å²) in [6.07, 6.45) is 0.815. The molecular formula is C24H31N3O4S. The van der Waals surface area contributed by atoms with Crippen molar-refractivity contribution in [2.24, 2.45) is 0 Å². The Hall–Kier alpha value is -2.87. The first-order valence-electron chi connectivity index (χ1n) is 10.7. The summed E-state index contributed by atoms with van der Waals surface area (Å²) in [7, 11) is 0. The highest BCUT2D eigenvalue weighted by molar-refractivity contribution is 7.99. The minimum atomic E-state index is -0.600. The molecule has 0 unspecified atom stereocenters. The van der Waals surface area contributed by atoms with Crippen LogP contribution in [-0.2, 0) is 21.9 Å². The van der Waals surface area contributed by atoms with Crippen LogP contribution in [0.15, 0.2) is 48.5 Å². The van der Waals surface area contributed by atoms with E-state index in [9.17, 15) is 19.7 Å². The minimum absolute atomic E-state index is 0.0392. The maximum absolute atomic E-state index is 13.1. The molecule has 8 heteroatoms. The number of amides is 2. The van der Waals surface area contributed by atoms with Gasteiger partial charge < -0.3 is 10.2 Å². The second-order valence-electron chi connectivity index (χ2n) is 7.92. The van der Waals surface area contributed by atoms with E-state index in [-0.39, 0.29) is 29.3 Å². The van der Waals surface area contributed by atoms with Gasteiger partial charge in [0.25, 0.3) is 5.69 Å². The number of nitro groups is 1. The fourth-order valence-electron chi connectivity index (χ4n) is 3.11. The van der Waals surface area contributed by atoms with Crippen LogP contribution in [0.5, 0.6) is 0 Å². The standard InChI is InChI=1S/C24H31N3O4S/c1-5-18(3)25-24(29)19(4)26(14-21-8-6-7-17(2)13-21)23(28)16-32-15-20-9-11-22(12-10-20)27(30)31/h6-13,18-19H,5,14-16H2,1-4H3,(H,25,29)/t18-,19+/m0/s1. The number of non-ortho nitro benzene ring substituents is 1. The molecule has 2 amide bonds. The number of nitrogens with zero attached hydrogens (tertiary/aromatic N) is 2. The third-order valence-electron chi connectivity index (χ3n) is 5.25. The molecule has 32 heavy (non-hydrogen) atoms. The van der Waals surface area contributed by atoms with E-state index in [2.05, 4.69) is 5.32 Å². The van der Waals surface area contributed by atoms with E-state index >= 15 is 0 Å². The van der Waals surface area contributed by atoms with E-state index in [4.69, 9.17) is 0 Å². The van der Waals surface area contributed by atoms with Gasteiger partial charge >= 0.3 is 0 Å². The zero-order valence-corrected chi connectivity index (χ0v) is 19.9. The van der Waals surface area contributed by atoms with Crippen LogP contribution in [0.4, 0.5) is 5.69 Å². The first kappa shape index (κ1) is 25.4. The van der Waals surface area contributed by atoms with Crippen LogP contribution in [0.25, 0.3) is 0 Å². The molecule has 0 aliphatic carbocycles. The van der Waals surface area contributed by atoms with Gasteiger partial charge in [-0.3, -0.25) is 19.7 Å². The molecular weight excluding hydrogens is 426 g/mol. The third-order valence-corrected chi connectivity index (χ3v) is 6.23. The summed E-state index contributed by atoms with van der Waals surface area (Å²) in [5.41, 5.74) is 3.02. The largest absolute Gasteiger partial charge is 0.352 e. The maximum Gasteiger partial charge on any atom is 0.269 e. The van der Waals surface area contributed by atoms with Crippen molar-refractivity contribution in [3.63, 3.8) is 0 Å². The van der Waals surface area contributed by atoms with Gasteiger partial charge in [0.05, 0.1) is 10.7 Å². The number of hydrogen-bond acceptors (Lipinski definition) is 5. The number of carbonyl (C=O) groups excluding carboxylic acids is 2. The van der Waals surface area contributed by atoms with Crippen molar-refractivity contribution >= 4 is 29.3 Å². The summed E-state index contributed by atoms with van der Waals surface area (Å²) in [6.45, 7) is 8.05. The molecule has 0 radical (unpaired) electrons. The fraction of sp³-hybridized carbons (Fsp3) is 0.417. The Kier molecular flexibility index (Phi) is 9.71. The highest BCUT2D eigenvalue weighted by Gasteiger charge is 2.26. The SMILES string of the molecule is CC[C@H](C)NC(=O)[C@@H](C)N(Cc1cccc(C)c1)C(=O)CSCc1ccc([N+](=O)[O-])cc1. The van der Waals surface area contributed by atoms with Crippen molar-refractivity contribution in [3.05, 3.63) is 75.3 Å². The quantitative estimate of drug-likeness (QED) is 0.397. The number of benzene rings is 2. The molecule has 0 aliphatic rings. The molecule has 0 saturated carbocycles. The summed E-state index contributed by atoms with van der Waals surface area (Å²) in [6, 6.07) is 13.7. The Labute approximate surface area is 193 Å². The number of nitro benzene ring substituents is 1. The molecule has 0 saturated heterocycles. The van der Waals surface area contributed by atoms with E-state index in [1.165, 1.54) is 23.9 Å². The first-order chi connectivity index (χ1) is 15.2. The molecule has 0 fully saturated rings. The van der Waals surface area contributed by atoms with Gasteiger partial charge in [-0.1, -0.05) is 48.9 Å². The van der Waals surface area contributed by atoms with Crippen molar-refractivity contribution < 1.29 is 14.5 Å². The molecule has 0 aromatic heterocycles. The average Bonchev–Trinajstić information content (AvgIpc) is 2.77. The van der Waals surface area contributed by atoms with Gasteiger partial charge in [0.1, 0.15) is 6.04 Å². The van der Waals surface area contributed by atoms with Crippen LogP contribution in [0.1, 0.15) is 43.9 Å². The lowest BCUT2D eigenvalue weighted by molar-refractivity contribution is -0.384. The number of rotatable bonds is 11. The van der Waals surface area contributed by atoms with Crippen LogP contribution in [-0.4, -0.2) is 39.5 Å². The van der Waals surface area contributed by atoms with E-state index in [0.29, 0.717) is 12.3 Å². The van der Waals surface area contributed by atoms with E-state index in [1.54, 1.807) is 24.0 Å². The number of aryl methyl sites for hydroxylation is 1. The predicted molar refractivity (Wildman–Crippen MR) is 128 cm³/mol. The second kappa shape index (κ2) is 12.2. The lowest BCUT2D eigenvalue weighted by Crippen LogP contribution is -2.50. The normalized spacial score (nSPS) is 12.6. The van der Waals surface area contributed by atoms with Crippen molar-refractivity contribution in [3.8, 4) is 0 Å². The highest BCUT2D eigenvalue weighted by Crippen LogP contribution is 2.19. The first-order valence-corrected chi connectivity index (χ1v) is 11.8. The summed E-state index contributed by atoms with van der Waals surface area (Å²) < 4.78 is 0. The molecule has 0 aliphatic heterocycles. The van der Waals surface area contributed by atoms with E-state index in [1.807, 2.05) is 45.0 Å². The number of carbonyl (C=O) groups is 2. The van der Waals surface area contributed by atoms with Crippen LogP contribution in [0, 0.1) is 17.0 Å². The molecule has 172 valence electrons. The van der Waals surface area contributed by atoms with Crippen LogP contribution < -0.4 is 5.32 Å². The molecule has 2 rings (SSSR count). The monoisotopic (exact) mass is 457 g/mol. The zero-order valence-electron chi connectivity index (χ0n) is 19.0. The average molecular weight is 458 g/mol. The fourth-order valence-corrected chi connectivity index (χ4v) is 3.98. The molecule has 0 bridgehead atoms. The van der Waals surface area contributed by atoms with Gasteiger partial charge in [-0.25, -0.2) is 0 Å². The predicted octanol–water partition coefficient (Wildman–Crippen LogP) is 4.47. The van der Waals surface area contributed by atoms with Crippen molar-refractivity contribution in [1.29, 1.82) is 0 Å². The Balaban J connectivity index is 2.06. The molecule has 0 heterocycles. The smallest absolute Gasteiger partial charge is 0.269 e. The minimum Gasteiger partial charge on any atom is -0.352 e. The molecule has 2 aromatic carbocycles. The molecule has 7 nitrogen and oxygen atoms in total. The second-order valence-corrected chi connectivity index (χ2v) is 8.91. The zero-order chi connectivity index (χ0) is 23.7. The number of nitrogens with one attached hydrogen (secondary N) is 1. The van der Waals surface area contributed by atoms with Crippen molar-refractivity contribution in [2.75, 3.05) is 5.75 Å². The van der Waals surface area contributed by atoms with E-state index < -0.39 is 11.0 Å². The summed E-state index contributed by atoms with van der Waals surface area (Å²) in [5.74, 6) is 0.477.